The van der Waals surface area contributed by atoms with Gasteiger partial charge >= 0.3 is 0 Å². The number of ketones is 1. The van der Waals surface area contributed by atoms with E-state index in [-0.39, 0.29) is 21.9 Å². The Bertz CT molecular complexity index is 760. The number of sulfonamides is 1. The van der Waals surface area contributed by atoms with Gasteiger partial charge in [0.1, 0.15) is 0 Å². The quantitative estimate of drug-likeness (QED) is 0.877. The second-order valence-electron chi connectivity index (χ2n) is 4.05. The van der Waals surface area contributed by atoms with E-state index < -0.39 is 15.8 Å². The molecule has 5 nitrogen and oxygen atoms in total. The van der Waals surface area contributed by atoms with Crippen LogP contribution in [0.25, 0.3) is 0 Å². The minimum absolute atomic E-state index is 0.110. The van der Waals surface area contributed by atoms with Crippen molar-refractivity contribution in [2.75, 3.05) is 4.72 Å². The third-order valence-electron chi connectivity index (χ3n) is 2.57. The lowest BCUT2D eigenvalue weighted by Crippen LogP contribution is -2.14. The van der Waals surface area contributed by atoms with Gasteiger partial charge in [0.05, 0.1) is 16.8 Å². The van der Waals surface area contributed by atoms with Crippen LogP contribution in [0.3, 0.4) is 0 Å². The fourth-order valence-corrected chi connectivity index (χ4v) is 2.66. The number of benzene rings is 1. The Morgan fingerprint density at radius 3 is 2.70 bits per heavy atom. The van der Waals surface area contributed by atoms with Crippen LogP contribution in [0.15, 0.2) is 47.6 Å². The number of rotatable bonds is 4. The molecule has 0 fully saturated rings. The molecule has 0 spiro atoms. The van der Waals surface area contributed by atoms with E-state index in [9.17, 15) is 17.6 Å². The Morgan fingerprint density at radius 2 is 2.05 bits per heavy atom. The van der Waals surface area contributed by atoms with Crippen molar-refractivity contribution in [1.29, 1.82) is 0 Å². The van der Waals surface area contributed by atoms with Gasteiger partial charge in [-0.25, -0.2) is 12.8 Å². The van der Waals surface area contributed by atoms with Crippen molar-refractivity contribution in [2.45, 2.75) is 11.8 Å². The van der Waals surface area contributed by atoms with E-state index in [1.54, 1.807) is 0 Å². The number of nitrogens with zero attached hydrogens (tertiary/aromatic N) is 1. The van der Waals surface area contributed by atoms with Gasteiger partial charge in [-0.15, -0.1) is 0 Å². The number of carbonyl (C=O) groups excluding carboxylic acids is 1. The highest BCUT2D eigenvalue weighted by Gasteiger charge is 2.17. The standard InChI is InChI=1S/C13H11FN2O3S/c1-9(17)10-3-2-4-11(7-10)20(18,19)16-13-5-6-15-8-12(13)14/h2-8H,1H3,(H,15,16). The van der Waals surface area contributed by atoms with Gasteiger partial charge in [-0.2, -0.15) is 0 Å². The summed E-state index contributed by atoms with van der Waals surface area (Å²) in [6, 6.07) is 6.74. The van der Waals surface area contributed by atoms with Crippen LogP contribution in [0.4, 0.5) is 10.1 Å². The number of nitrogens with one attached hydrogen (secondary N) is 1. The molecule has 0 saturated heterocycles. The summed E-state index contributed by atoms with van der Waals surface area (Å²) in [5.41, 5.74) is 0.0660. The first-order valence-corrected chi connectivity index (χ1v) is 7.12. The van der Waals surface area contributed by atoms with Crippen molar-refractivity contribution in [1.82, 2.24) is 4.98 Å². The lowest BCUT2D eigenvalue weighted by Gasteiger charge is -2.09. The molecule has 0 bridgehead atoms. The lowest BCUT2D eigenvalue weighted by atomic mass is 10.2. The van der Waals surface area contributed by atoms with Gasteiger partial charge in [-0.05, 0) is 25.1 Å². The van der Waals surface area contributed by atoms with Gasteiger partial charge in [0.25, 0.3) is 10.0 Å². The van der Waals surface area contributed by atoms with Crippen LogP contribution in [0.5, 0.6) is 0 Å². The molecule has 1 N–H and O–H groups in total. The molecule has 0 amide bonds. The molecule has 7 heteroatoms. The lowest BCUT2D eigenvalue weighted by molar-refractivity contribution is 0.101. The minimum Gasteiger partial charge on any atom is -0.295 e. The number of halogens is 1. The van der Waals surface area contributed by atoms with Crippen LogP contribution in [-0.2, 0) is 10.0 Å². The second kappa shape index (κ2) is 5.38. The summed E-state index contributed by atoms with van der Waals surface area (Å²) < 4.78 is 39.8. The summed E-state index contributed by atoms with van der Waals surface area (Å²) in [7, 11) is -3.96. The van der Waals surface area contributed by atoms with Gasteiger partial charge in [0.15, 0.2) is 11.6 Å². The molecule has 1 aromatic carbocycles. The number of hydrogen-bond donors (Lipinski definition) is 1. The highest BCUT2D eigenvalue weighted by Crippen LogP contribution is 2.19. The Morgan fingerprint density at radius 1 is 1.30 bits per heavy atom. The van der Waals surface area contributed by atoms with E-state index in [0.717, 1.165) is 6.20 Å². The van der Waals surface area contributed by atoms with Crippen LogP contribution in [0, 0.1) is 5.82 Å². The summed E-state index contributed by atoms with van der Waals surface area (Å²) >= 11 is 0. The van der Waals surface area contributed by atoms with Gasteiger partial charge in [0, 0.05) is 11.8 Å². The third-order valence-corrected chi connectivity index (χ3v) is 3.93. The summed E-state index contributed by atoms with van der Waals surface area (Å²) in [5, 5.41) is 0. The fraction of sp³-hybridized carbons (Fsp3) is 0.0769. The molecular weight excluding hydrogens is 283 g/mol. The van der Waals surface area contributed by atoms with Crippen LogP contribution in [-0.4, -0.2) is 19.2 Å². The number of Topliss-reactive ketones (excluding diaryl/α,β-unsaturated/α-hetero) is 1. The van der Waals surface area contributed by atoms with E-state index in [4.69, 9.17) is 0 Å². The monoisotopic (exact) mass is 294 g/mol. The zero-order valence-electron chi connectivity index (χ0n) is 10.5. The fourth-order valence-electron chi connectivity index (χ4n) is 1.54. The Kier molecular flexibility index (Phi) is 3.80. The zero-order valence-corrected chi connectivity index (χ0v) is 11.3. The van der Waals surface area contributed by atoms with E-state index >= 15 is 0 Å². The molecule has 2 rings (SSSR count). The maximum Gasteiger partial charge on any atom is 0.262 e. The highest BCUT2D eigenvalue weighted by atomic mass is 32.2. The van der Waals surface area contributed by atoms with Crippen LogP contribution in [0.2, 0.25) is 0 Å². The number of hydrogen-bond acceptors (Lipinski definition) is 4. The predicted octanol–water partition coefficient (Wildman–Crippen LogP) is 2.22. The first-order valence-electron chi connectivity index (χ1n) is 5.63. The number of anilines is 1. The van der Waals surface area contributed by atoms with Crippen molar-refractivity contribution in [3.05, 3.63) is 54.1 Å². The molecule has 0 unspecified atom stereocenters. The Hall–Kier alpha value is -2.28. The average molecular weight is 294 g/mol. The summed E-state index contributed by atoms with van der Waals surface area (Å²) in [6.07, 6.45) is 2.18. The molecule has 20 heavy (non-hydrogen) atoms. The molecule has 2 aromatic rings. The van der Waals surface area contributed by atoms with Gasteiger partial charge in [0.2, 0.25) is 0 Å². The maximum absolute atomic E-state index is 13.4. The Labute approximate surface area is 115 Å². The second-order valence-corrected chi connectivity index (χ2v) is 5.73. The molecule has 0 radical (unpaired) electrons. The molecule has 104 valence electrons. The first-order chi connectivity index (χ1) is 9.40. The normalized spacial score (nSPS) is 11.1. The average Bonchev–Trinajstić information content (AvgIpc) is 2.41. The molecular formula is C13H11FN2O3S. The first kappa shape index (κ1) is 14.1. The topological polar surface area (TPSA) is 76.1 Å². The number of aromatic nitrogens is 1. The predicted molar refractivity (Wildman–Crippen MR) is 71.5 cm³/mol. The Balaban J connectivity index is 2.38. The molecule has 0 saturated carbocycles. The van der Waals surface area contributed by atoms with Crippen LogP contribution >= 0.6 is 0 Å². The summed E-state index contributed by atoms with van der Waals surface area (Å²) in [6.45, 7) is 1.34. The molecule has 0 atom stereocenters. The van der Waals surface area contributed by atoms with E-state index in [2.05, 4.69) is 9.71 Å². The largest absolute Gasteiger partial charge is 0.295 e. The van der Waals surface area contributed by atoms with Crippen LogP contribution < -0.4 is 4.72 Å². The van der Waals surface area contributed by atoms with Crippen molar-refractivity contribution < 1.29 is 17.6 Å². The van der Waals surface area contributed by atoms with Crippen molar-refractivity contribution in [3.63, 3.8) is 0 Å². The van der Waals surface area contributed by atoms with E-state index in [1.807, 2.05) is 0 Å². The molecule has 0 aliphatic heterocycles. The number of pyridine rings is 1. The molecule has 1 aromatic heterocycles. The number of carbonyl (C=O) groups is 1. The zero-order chi connectivity index (χ0) is 14.8. The summed E-state index contributed by atoms with van der Waals surface area (Å²) in [5.74, 6) is -1.03. The van der Waals surface area contributed by atoms with Crippen LogP contribution in [0.1, 0.15) is 17.3 Å². The smallest absolute Gasteiger partial charge is 0.262 e. The minimum atomic E-state index is -3.96. The van der Waals surface area contributed by atoms with Gasteiger partial charge in [-0.1, -0.05) is 12.1 Å². The van der Waals surface area contributed by atoms with Gasteiger partial charge < -0.3 is 0 Å². The SMILES string of the molecule is CC(=O)c1cccc(S(=O)(=O)Nc2ccncc2F)c1. The van der Waals surface area contributed by atoms with Crippen molar-refractivity contribution >= 4 is 21.5 Å². The highest BCUT2D eigenvalue weighted by molar-refractivity contribution is 7.92. The molecule has 0 aliphatic rings. The van der Waals surface area contributed by atoms with Crippen molar-refractivity contribution in [3.8, 4) is 0 Å². The van der Waals surface area contributed by atoms with Crippen molar-refractivity contribution in [2.24, 2.45) is 0 Å². The van der Waals surface area contributed by atoms with Gasteiger partial charge in [-0.3, -0.25) is 14.5 Å². The van der Waals surface area contributed by atoms with E-state index in [0.29, 0.717) is 0 Å². The molecule has 0 aliphatic carbocycles. The van der Waals surface area contributed by atoms with E-state index in [1.165, 1.54) is 43.5 Å². The molecule has 1 heterocycles. The summed E-state index contributed by atoms with van der Waals surface area (Å²) in [4.78, 5) is 14.7. The maximum atomic E-state index is 13.4. The third kappa shape index (κ3) is 3.00.